The minimum Gasteiger partial charge on any atom is -0.381 e. The van der Waals surface area contributed by atoms with Crippen molar-refractivity contribution in [2.24, 2.45) is 5.92 Å². The van der Waals surface area contributed by atoms with Crippen molar-refractivity contribution in [1.29, 1.82) is 0 Å². The van der Waals surface area contributed by atoms with E-state index in [-0.39, 0.29) is 0 Å². The molecule has 1 aliphatic carbocycles. The van der Waals surface area contributed by atoms with E-state index in [2.05, 4.69) is 31.4 Å². The Morgan fingerprint density at radius 2 is 1.91 bits per heavy atom. The highest BCUT2D eigenvalue weighted by Crippen LogP contribution is 2.37. The Hall–Kier alpha value is -2.19. The van der Waals surface area contributed by atoms with Gasteiger partial charge < -0.3 is 19.9 Å². The molecule has 0 unspecified atom stereocenters. The van der Waals surface area contributed by atoms with Gasteiger partial charge in [0.1, 0.15) is 17.8 Å². The molecule has 0 bridgehead atoms. The second-order valence-electron chi connectivity index (χ2n) is 10.5. The Bertz CT molecular complexity index is 994. The number of ether oxygens (including phenoxy) is 1. The molecule has 3 aliphatic heterocycles. The van der Waals surface area contributed by atoms with Crippen LogP contribution in [0.5, 0.6) is 0 Å². The zero-order valence-corrected chi connectivity index (χ0v) is 19.6. The van der Waals surface area contributed by atoms with Crippen LogP contribution < -0.4 is 5.32 Å². The molecule has 0 radical (unpaired) electrons. The van der Waals surface area contributed by atoms with E-state index in [0.717, 1.165) is 76.3 Å². The highest BCUT2D eigenvalue weighted by Gasteiger charge is 2.42. The number of aromatic amines is 1. The summed E-state index contributed by atoms with van der Waals surface area (Å²) in [5.41, 5.74) is 2.27. The highest BCUT2D eigenvalue weighted by atomic mass is 16.5. The van der Waals surface area contributed by atoms with Crippen LogP contribution in [0.1, 0.15) is 62.8 Å². The van der Waals surface area contributed by atoms with E-state index >= 15 is 0 Å². The van der Waals surface area contributed by atoms with Gasteiger partial charge in [0.2, 0.25) is 5.91 Å². The minimum absolute atomic E-state index is 0.334. The van der Waals surface area contributed by atoms with Crippen molar-refractivity contribution in [3.63, 3.8) is 0 Å². The van der Waals surface area contributed by atoms with Crippen LogP contribution in [-0.4, -0.2) is 82.1 Å². The quantitative estimate of drug-likeness (QED) is 0.741. The molecular weight excluding hydrogens is 416 g/mol. The first-order valence-electron chi connectivity index (χ1n) is 12.8. The van der Waals surface area contributed by atoms with E-state index in [4.69, 9.17) is 4.74 Å². The van der Waals surface area contributed by atoms with Crippen molar-refractivity contribution < 1.29 is 9.53 Å². The number of hydrogen-bond donors (Lipinski definition) is 2. The summed E-state index contributed by atoms with van der Waals surface area (Å²) >= 11 is 0. The minimum atomic E-state index is 0.334. The number of carbonyl (C=O) groups is 1. The van der Waals surface area contributed by atoms with E-state index < -0.39 is 0 Å². The monoisotopic (exact) mass is 452 g/mol. The summed E-state index contributed by atoms with van der Waals surface area (Å²) in [6, 6.07) is 1.58. The summed E-state index contributed by atoms with van der Waals surface area (Å²) < 4.78 is 5.58. The number of piperidine rings is 1. The molecule has 6 rings (SSSR count). The average molecular weight is 453 g/mol. The van der Waals surface area contributed by atoms with Crippen molar-refractivity contribution >= 4 is 22.8 Å². The summed E-state index contributed by atoms with van der Waals surface area (Å²) in [6.45, 7) is 3.89. The molecule has 2 aromatic heterocycles. The van der Waals surface area contributed by atoms with Crippen LogP contribution in [0.2, 0.25) is 0 Å². The number of nitrogens with one attached hydrogen (secondary N) is 2. The van der Waals surface area contributed by atoms with Crippen molar-refractivity contribution in [2.45, 2.75) is 75.4 Å². The number of likely N-dealkylation sites (tertiary alicyclic amines) is 2. The van der Waals surface area contributed by atoms with Gasteiger partial charge in [0.25, 0.3) is 0 Å². The van der Waals surface area contributed by atoms with Gasteiger partial charge in [-0.3, -0.25) is 9.69 Å². The number of H-pyrrole nitrogens is 1. The fourth-order valence-electron chi connectivity index (χ4n) is 6.85. The molecule has 5 heterocycles. The van der Waals surface area contributed by atoms with Gasteiger partial charge in [0, 0.05) is 70.0 Å². The molecule has 0 aromatic carbocycles. The van der Waals surface area contributed by atoms with Crippen molar-refractivity contribution in [3.05, 3.63) is 18.1 Å². The lowest BCUT2D eigenvalue weighted by atomic mass is 9.86. The zero-order chi connectivity index (χ0) is 22.4. The largest absolute Gasteiger partial charge is 0.381 e. The smallest absolute Gasteiger partial charge is 0.222 e. The van der Waals surface area contributed by atoms with Gasteiger partial charge in [0.05, 0.1) is 5.39 Å². The van der Waals surface area contributed by atoms with Crippen LogP contribution in [0.25, 0.3) is 11.0 Å². The third-order valence-corrected chi connectivity index (χ3v) is 8.77. The maximum absolute atomic E-state index is 12.1. The second kappa shape index (κ2) is 8.87. The fraction of sp³-hybridized carbons (Fsp3) is 0.720. The standard InChI is InChI=1S/C25H36N6O2/c1-30-21-6-9-31(14-17(21)12-22(30)32)19-4-2-18(3-5-19)29-25-23-20(16-7-10-33-11-8-16)13-26-24(23)27-15-28-25/h13,15-19,21H,2-12,14H2,1H3,(H2,26,27,28,29)/t17-,18?,19?,21+/m1/s1. The number of nitrogens with zero attached hydrogens (tertiary/aromatic N) is 4. The summed E-state index contributed by atoms with van der Waals surface area (Å²) in [6.07, 6.45) is 12.6. The Balaban J connectivity index is 1.10. The summed E-state index contributed by atoms with van der Waals surface area (Å²) in [5.74, 6) is 2.36. The number of carbonyl (C=O) groups excluding carboxylic acids is 1. The number of anilines is 1. The van der Waals surface area contributed by atoms with Crippen LogP contribution >= 0.6 is 0 Å². The first kappa shape index (κ1) is 21.4. The summed E-state index contributed by atoms with van der Waals surface area (Å²) in [5, 5.41) is 4.96. The molecule has 1 amide bonds. The van der Waals surface area contributed by atoms with Crippen molar-refractivity contribution in [3.8, 4) is 0 Å². The normalized spacial score (nSPS) is 31.8. The number of aromatic nitrogens is 3. The predicted octanol–water partition coefficient (Wildman–Crippen LogP) is 3.13. The van der Waals surface area contributed by atoms with Gasteiger partial charge in [0.15, 0.2) is 0 Å². The molecule has 3 saturated heterocycles. The third kappa shape index (κ3) is 4.01. The lowest BCUT2D eigenvalue weighted by Crippen LogP contribution is -2.50. The molecule has 4 fully saturated rings. The van der Waals surface area contributed by atoms with E-state index in [1.807, 2.05) is 11.9 Å². The van der Waals surface area contributed by atoms with Gasteiger partial charge in [-0.2, -0.15) is 0 Å². The Morgan fingerprint density at radius 3 is 2.73 bits per heavy atom. The van der Waals surface area contributed by atoms with Crippen LogP contribution in [0, 0.1) is 5.92 Å². The SMILES string of the molecule is CN1C(=O)C[C@@H]2CN(C3CCC(Nc4ncnc5[nH]cc(C6CCOCC6)c45)CC3)CC[C@@H]21. The van der Waals surface area contributed by atoms with Crippen LogP contribution in [0.3, 0.4) is 0 Å². The Kier molecular flexibility index (Phi) is 5.74. The molecule has 2 aromatic rings. The molecular formula is C25H36N6O2. The third-order valence-electron chi connectivity index (χ3n) is 8.77. The van der Waals surface area contributed by atoms with Gasteiger partial charge >= 0.3 is 0 Å². The molecule has 8 nitrogen and oxygen atoms in total. The average Bonchev–Trinajstić information content (AvgIpc) is 3.41. The van der Waals surface area contributed by atoms with Gasteiger partial charge in [-0.05, 0) is 56.4 Å². The number of amides is 1. The molecule has 33 heavy (non-hydrogen) atoms. The molecule has 1 saturated carbocycles. The number of fused-ring (bicyclic) bond motifs is 2. The summed E-state index contributed by atoms with van der Waals surface area (Å²) in [7, 11) is 1.99. The molecule has 178 valence electrons. The topological polar surface area (TPSA) is 86.4 Å². The first-order chi connectivity index (χ1) is 16.2. The molecule has 2 N–H and O–H groups in total. The molecule has 8 heteroatoms. The zero-order valence-electron chi connectivity index (χ0n) is 19.6. The van der Waals surface area contributed by atoms with E-state index in [9.17, 15) is 4.79 Å². The first-order valence-corrected chi connectivity index (χ1v) is 12.8. The van der Waals surface area contributed by atoms with Crippen LogP contribution in [-0.2, 0) is 9.53 Å². The number of rotatable bonds is 4. The highest BCUT2D eigenvalue weighted by molar-refractivity contribution is 5.91. The van der Waals surface area contributed by atoms with Crippen molar-refractivity contribution in [2.75, 3.05) is 38.7 Å². The molecule has 2 atom stereocenters. The van der Waals surface area contributed by atoms with Gasteiger partial charge in [-0.25, -0.2) is 9.97 Å². The lowest BCUT2D eigenvalue weighted by molar-refractivity contribution is -0.127. The fourth-order valence-corrected chi connectivity index (χ4v) is 6.85. The number of hydrogen-bond acceptors (Lipinski definition) is 6. The van der Waals surface area contributed by atoms with E-state index in [1.54, 1.807) is 6.33 Å². The van der Waals surface area contributed by atoms with E-state index in [1.165, 1.54) is 23.8 Å². The molecule has 0 spiro atoms. The van der Waals surface area contributed by atoms with Crippen LogP contribution in [0.15, 0.2) is 12.5 Å². The lowest BCUT2D eigenvalue weighted by Gasteiger charge is -2.43. The Morgan fingerprint density at radius 1 is 1.09 bits per heavy atom. The van der Waals surface area contributed by atoms with Gasteiger partial charge in [-0.1, -0.05) is 0 Å². The van der Waals surface area contributed by atoms with Crippen LogP contribution in [0.4, 0.5) is 5.82 Å². The van der Waals surface area contributed by atoms with Crippen molar-refractivity contribution in [1.82, 2.24) is 24.8 Å². The second-order valence-corrected chi connectivity index (χ2v) is 10.5. The maximum atomic E-state index is 12.1. The van der Waals surface area contributed by atoms with E-state index in [0.29, 0.717) is 35.9 Å². The van der Waals surface area contributed by atoms with Gasteiger partial charge in [-0.15, -0.1) is 0 Å². The Labute approximate surface area is 195 Å². The maximum Gasteiger partial charge on any atom is 0.222 e. The summed E-state index contributed by atoms with van der Waals surface area (Å²) in [4.78, 5) is 29.3. The predicted molar refractivity (Wildman–Crippen MR) is 127 cm³/mol. The molecule has 4 aliphatic rings.